The lowest BCUT2D eigenvalue weighted by Crippen LogP contribution is -2.09. The van der Waals surface area contributed by atoms with Gasteiger partial charge in [-0.15, -0.1) is 0 Å². The number of carboxylic acid groups (broad SMARTS) is 1. The van der Waals surface area contributed by atoms with Crippen LogP contribution >= 0.6 is 11.6 Å². The average molecular weight is 359 g/mol. The van der Waals surface area contributed by atoms with Crippen molar-refractivity contribution in [3.8, 4) is 5.69 Å². The van der Waals surface area contributed by atoms with Crippen molar-refractivity contribution >= 4 is 17.6 Å². The Labute approximate surface area is 140 Å². The molecule has 0 aliphatic heterocycles. The van der Waals surface area contributed by atoms with Crippen LogP contribution in [0.25, 0.3) is 5.69 Å². The third kappa shape index (κ3) is 3.00. The van der Waals surface area contributed by atoms with Crippen molar-refractivity contribution in [2.45, 2.75) is 38.3 Å². The maximum Gasteiger partial charge on any atom is 0.417 e. The first-order valence-electron chi connectivity index (χ1n) is 7.50. The van der Waals surface area contributed by atoms with E-state index < -0.39 is 22.7 Å². The zero-order valence-electron chi connectivity index (χ0n) is 12.5. The number of carbonyl (C=O) groups is 1. The molecule has 1 aromatic heterocycles. The quantitative estimate of drug-likeness (QED) is 0.803. The second kappa shape index (κ2) is 6.12. The number of nitrogens with zero attached hydrogens (tertiary/aromatic N) is 2. The minimum atomic E-state index is -4.59. The fraction of sp³-hybridized carbons (Fsp3) is 0.375. The lowest BCUT2D eigenvalue weighted by atomic mass is 10.1. The molecule has 1 aliphatic carbocycles. The molecule has 0 amide bonds. The Kier molecular flexibility index (Phi) is 4.29. The molecule has 3 rings (SSSR count). The monoisotopic (exact) mass is 358 g/mol. The predicted octanol–water partition coefficient (Wildman–Crippen LogP) is 4.51. The van der Waals surface area contributed by atoms with Gasteiger partial charge in [-0.05, 0) is 43.9 Å². The molecule has 0 radical (unpaired) electrons. The molecule has 0 bridgehead atoms. The van der Waals surface area contributed by atoms with Crippen molar-refractivity contribution in [2.75, 3.05) is 0 Å². The summed E-state index contributed by atoms with van der Waals surface area (Å²) in [7, 11) is 0. The Morgan fingerprint density at radius 3 is 2.58 bits per heavy atom. The number of carboxylic acids is 1. The number of benzene rings is 1. The van der Waals surface area contributed by atoms with Gasteiger partial charge in [0.05, 0.1) is 16.3 Å². The minimum absolute atomic E-state index is 0.0876. The van der Waals surface area contributed by atoms with Crippen LogP contribution in [0.2, 0.25) is 5.02 Å². The van der Waals surface area contributed by atoms with Crippen molar-refractivity contribution in [2.24, 2.45) is 0 Å². The van der Waals surface area contributed by atoms with Crippen LogP contribution < -0.4 is 0 Å². The molecule has 1 N–H and O–H groups in total. The largest absolute Gasteiger partial charge is 0.476 e. The number of hydrogen-bond acceptors (Lipinski definition) is 2. The van der Waals surface area contributed by atoms with Gasteiger partial charge >= 0.3 is 12.1 Å². The zero-order valence-corrected chi connectivity index (χ0v) is 13.3. The molecule has 24 heavy (non-hydrogen) atoms. The molecule has 1 aromatic carbocycles. The lowest BCUT2D eigenvalue weighted by molar-refractivity contribution is -0.137. The molecule has 0 fully saturated rings. The van der Waals surface area contributed by atoms with Gasteiger partial charge in [-0.25, -0.2) is 9.48 Å². The van der Waals surface area contributed by atoms with Gasteiger partial charge in [0.15, 0.2) is 5.69 Å². The summed E-state index contributed by atoms with van der Waals surface area (Å²) >= 11 is 5.65. The smallest absolute Gasteiger partial charge is 0.417 e. The molecule has 0 saturated carbocycles. The first-order valence-corrected chi connectivity index (χ1v) is 7.88. The van der Waals surface area contributed by atoms with Gasteiger partial charge < -0.3 is 5.11 Å². The first-order chi connectivity index (χ1) is 11.3. The van der Waals surface area contributed by atoms with E-state index in [-0.39, 0.29) is 11.4 Å². The molecule has 4 nitrogen and oxygen atoms in total. The van der Waals surface area contributed by atoms with Gasteiger partial charge in [0.2, 0.25) is 0 Å². The van der Waals surface area contributed by atoms with Gasteiger partial charge in [-0.3, -0.25) is 0 Å². The van der Waals surface area contributed by atoms with Crippen LogP contribution in [-0.2, 0) is 19.0 Å². The summed E-state index contributed by atoms with van der Waals surface area (Å²) in [6.07, 6.45) is -0.809. The molecular formula is C16H14ClF3N2O2. The molecule has 0 saturated heterocycles. The standard InChI is InChI=1S/C16H14ClF3N2O2/c17-12-7-6-9(8-11(12)16(18,19)20)22-13-5-3-1-2-4-10(13)14(21-22)15(23)24/h6-8H,1-5H2,(H,23,24). The number of halogens is 4. The van der Waals surface area contributed by atoms with E-state index in [9.17, 15) is 23.1 Å². The van der Waals surface area contributed by atoms with E-state index in [1.54, 1.807) is 0 Å². The molecular weight excluding hydrogens is 345 g/mol. The summed E-state index contributed by atoms with van der Waals surface area (Å²) in [4.78, 5) is 11.4. The summed E-state index contributed by atoms with van der Waals surface area (Å²) in [6.45, 7) is 0. The Morgan fingerprint density at radius 2 is 1.92 bits per heavy atom. The topological polar surface area (TPSA) is 55.1 Å². The first kappa shape index (κ1) is 16.8. The molecule has 1 heterocycles. The maximum absolute atomic E-state index is 13.1. The molecule has 0 spiro atoms. The van der Waals surface area contributed by atoms with Gasteiger partial charge in [0, 0.05) is 11.3 Å². The number of alkyl halides is 3. The highest BCUT2D eigenvalue weighted by Crippen LogP contribution is 2.36. The third-order valence-electron chi connectivity index (χ3n) is 4.13. The SMILES string of the molecule is O=C(O)c1nn(-c2ccc(Cl)c(C(F)(F)F)c2)c2c1CCCCC2. The summed E-state index contributed by atoms with van der Waals surface area (Å²) in [6, 6.07) is 3.48. The Morgan fingerprint density at radius 1 is 1.21 bits per heavy atom. The molecule has 128 valence electrons. The van der Waals surface area contributed by atoms with E-state index in [4.69, 9.17) is 11.6 Å². The average Bonchev–Trinajstić information content (AvgIpc) is 2.69. The highest BCUT2D eigenvalue weighted by molar-refractivity contribution is 6.31. The van der Waals surface area contributed by atoms with E-state index in [1.807, 2.05) is 0 Å². The normalized spacial score (nSPS) is 15.0. The van der Waals surface area contributed by atoms with E-state index in [0.29, 0.717) is 24.1 Å². The van der Waals surface area contributed by atoms with Gasteiger partial charge in [-0.1, -0.05) is 18.0 Å². The molecule has 0 atom stereocenters. The number of aromatic carboxylic acids is 1. The minimum Gasteiger partial charge on any atom is -0.476 e. The second-order valence-corrected chi connectivity index (χ2v) is 6.12. The number of rotatable bonds is 2. The molecule has 8 heteroatoms. The van der Waals surface area contributed by atoms with Crippen LogP contribution in [0.1, 0.15) is 46.6 Å². The maximum atomic E-state index is 13.1. The zero-order chi connectivity index (χ0) is 17.5. The fourth-order valence-corrected chi connectivity index (χ4v) is 3.25. The van der Waals surface area contributed by atoms with Crippen LogP contribution in [0.4, 0.5) is 13.2 Å². The molecule has 1 aliphatic rings. The third-order valence-corrected chi connectivity index (χ3v) is 4.46. The molecule has 0 unspecified atom stereocenters. The second-order valence-electron chi connectivity index (χ2n) is 5.71. The number of fused-ring (bicyclic) bond motifs is 1. The van der Waals surface area contributed by atoms with Gasteiger partial charge in [-0.2, -0.15) is 18.3 Å². The van der Waals surface area contributed by atoms with Crippen LogP contribution in [0.15, 0.2) is 18.2 Å². The van der Waals surface area contributed by atoms with Crippen LogP contribution in [-0.4, -0.2) is 20.9 Å². The lowest BCUT2D eigenvalue weighted by Gasteiger charge is -2.13. The van der Waals surface area contributed by atoms with E-state index >= 15 is 0 Å². The van der Waals surface area contributed by atoms with Crippen LogP contribution in [0.3, 0.4) is 0 Å². The Bertz CT molecular complexity index is 799. The highest BCUT2D eigenvalue weighted by Gasteiger charge is 2.34. The van der Waals surface area contributed by atoms with Crippen molar-refractivity contribution < 1.29 is 23.1 Å². The van der Waals surface area contributed by atoms with Gasteiger partial charge in [0.1, 0.15) is 0 Å². The Hall–Kier alpha value is -2.02. The Balaban J connectivity index is 2.18. The summed E-state index contributed by atoms with van der Waals surface area (Å²) in [5.41, 5.74) is 0.396. The van der Waals surface area contributed by atoms with Crippen molar-refractivity contribution in [1.82, 2.24) is 9.78 Å². The van der Waals surface area contributed by atoms with Crippen LogP contribution in [0, 0.1) is 0 Å². The summed E-state index contributed by atoms with van der Waals surface area (Å²) in [5, 5.41) is 13.0. The number of aromatic nitrogens is 2. The molecule has 2 aromatic rings. The van der Waals surface area contributed by atoms with Crippen molar-refractivity contribution in [3.63, 3.8) is 0 Å². The number of hydrogen-bond donors (Lipinski definition) is 1. The van der Waals surface area contributed by atoms with E-state index in [1.165, 1.54) is 10.7 Å². The van der Waals surface area contributed by atoms with Crippen molar-refractivity contribution in [1.29, 1.82) is 0 Å². The van der Waals surface area contributed by atoms with E-state index in [0.717, 1.165) is 31.4 Å². The summed E-state index contributed by atoms with van der Waals surface area (Å²) < 4.78 is 40.5. The van der Waals surface area contributed by atoms with E-state index in [2.05, 4.69) is 5.10 Å². The predicted molar refractivity (Wildman–Crippen MR) is 81.8 cm³/mol. The van der Waals surface area contributed by atoms with Crippen molar-refractivity contribution in [3.05, 3.63) is 45.7 Å². The fourth-order valence-electron chi connectivity index (χ4n) is 3.02. The highest BCUT2D eigenvalue weighted by atomic mass is 35.5. The summed E-state index contributed by atoms with van der Waals surface area (Å²) in [5.74, 6) is -1.17. The van der Waals surface area contributed by atoms with Gasteiger partial charge in [0.25, 0.3) is 0 Å². The van der Waals surface area contributed by atoms with Crippen LogP contribution in [0.5, 0.6) is 0 Å².